The van der Waals surface area contributed by atoms with E-state index < -0.39 is 10.8 Å². The quantitative estimate of drug-likeness (QED) is 0.267. The molecule has 13 heavy (non-hydrogen) atoms. The molecule has 0 radical (unpaired) electrons. The Labute approximate surface area is 80.0 Å². The Kier molecular flexibility index (Phi) is 3.68. The minimum Gasteiger partial charge on any atom is -0.409 e. The van der Waals surface area contributed by atoms with Crippen LogP contribution in [0.2, 0.25) is 0 Å². The molecule has 3 N–H and O–H groups in total. The molecule has 1 aliphatic rings. The van der Waals surface area contributed by atoms with Gasteiger partial charge in [0.2, 0.25) is 0 Å². The van der Waals surface area contributed by atoms with Crippen molar-refractivity contribution in [3.63, 3.8) is 0 Å². The van der Waals surface area contributed by atoms with Gasteiger partial charge in [0.15, 0.2) is 5.84 Å². The van der Waals surface area contributed by atoms with Crippen molar-refractivity contribution >= 4 is 16.6 Å². The fourth-order valence-corrected chi connectivity index (χ4v) is 2.39. The summed E-state index contributed by atoms with van der Waals surface area (Å²) in [5.41, 5.74) is 5.46. The molecule has 0 amide bonds. The third-order valence-corrected chi connectivity index (χ3v) is 3.58. The van der Waals surface area contributed by atoms with E-state index in [1.54, 1.807) is 0 Å². The second-order valence-corrected chi connectivity index (χ2v) is 4.78. The lowest BCUT2D eigenvalue weighted by atomic mass is 10.2. The van der Waals surface area contributed by atoms with Crippen LogP contribution in [0, 0.1) is 0 Å². The molecule has 6 heteroatoms. The number of hydrogen-bond donors (Lipinski definition) is 2. The Morgan fingerprint density at radius 2 is 2.15 bits per heavy atom. The standard InChI is InChI=1S/C7H15N3O2S/c1-6(7(8)9-11)10-2-4-13(12)5-3-10/h6,11H,2-5H2,1H3,(H2,8,9). The van der Waals surface area contributed by atoms with Gasteiger partial charge in [-0.1, -0.05) is 5.16 Å². The molecule has 1 atom stereocenters. The van der Waals surface area contributed by atoms with E-state index in [2.05, 4.69) is 10.1 Å². The number of amidine groups is 1. The van der Waals surface area contributed by atoms with E-state index in [1.807, 2.05) is 6.92 Å². The molecule has 0 bridgehead atoms. The zero-order valence-corrected chi connectivity index (χ0v) is 8.46. The summed E-state index contributed by atoms with van der Waals surface area (Å²) in [4.78, 5) is 2.07. The van der Waals surface area contributed by atoms with Gasteiger partial charge in [0, 0.05) is 35.4 Å². The molecule has 0 aromatic rings. The van der Waals surface area contributed by atoms with E-state index >= 15 is 0 Å². The number of rotatable bonds is 2. The highest BCUT2D eigenvalue weighted by molar-refractivity contribution is 7.85. The lowest BCUT2D eigenvalue weighted by Crippen LogP contribution is -2.48. The fraction of sp³-hybridized carbons (Fsp3) is 0.857. The van der Waals surface area contributed by atoms with Crippen LogP contribution in [0.3, 0.4) is 0 Å². The Bertz CT molecular complexity index is 222. The van der Waals surface area contributed by atoms with E-state index in [0.717, 1.165) is 13.1 Å². The van der Waals surface area contributed by atoms with Gasteiger partial charge in [-0.2, -0.15) is 0 Å². The summed E-state index contributed by atoms with van der Waals surface area (Å²) in [5.74, 6) is 1.58. The van der Waals surface area contributed by atoms with E-state index in [1.165, 1.54) is 0 Å². The van der Waals surface area contributed by atoms with Crippen LogP contribution in [0.4, 0.5) is 0 Å². The molecule has 1 rings (SSSR count). The van der Waals surface area contributed by atoms with Crippen LogP contribution in [-0.4, -0.2) is 50.8 Å². The fourth-order valence-electron chi connectivity index (χ4n) is 1.31. The first-order valence-electron chi connectivity index (χ1n) is 4.21. The van der Waals surface area contributed by atoms with Gasteiger partial charge in [-0.3, -0.25) is 9.11 Å². The third-order valence-electron chi connectivity index (χ3n) is 2.30. The van der Waals surface area contributed by atoms with Gasteiger partial charge >= 0.3 is 0 Å². The topological polar surface area (TPSA) is 78.9 Å². The first kappa shape index (κ1) is 10.5. The van der Waals surface area contributed by atoms with Crippen molar-refractivity contribution < 1.29 is 9.42 Å². The van der Waals surface area contributed by atoms with Crippen molar-refractivity contribution in [2.45, 2.75) is 13.0 Å². The Morgan fingerprint density at radius 1 is 1.62 bits per heavy atom. The Morgan fingerprint density at radius 3 is 2.62 bits per heavy atom. The molecule has 0 saturated carbocycles. The summed E-state index contributed by atoms with van der Waals surface area (Å²) in [6.45, 7) is 3.39. The first-order valence-corrected chi connectivity index (χ1v) is 5.70. The molecule has 5 nitrogen and oxygen atoms in total. The van der Waals surface area contributed by atoms with Gasteiger partial charge in [0.1, 0.15) is 0 Å². The summed E-state index contributed by atoms with van der Waals surface area (Å²) in [5, 5.41) is 11.4. The van der Waals surface area contributed by atoms with Crippen molar-refractivity contribution in [2.75, 3.05) is 24.6 Å². The molecule has 0 spiro atoms. The SMILES string of the molecule is CC(C(N)=NO)N1CCS(=O)CC1. The zero-order valence-electron chi connectivity index (χ0n) is 7.64. The zero-order chi connectivity index (χ0) is 9.84. The van der Waals surface area contributed by atoms with Crippen molar-refractivity contribution in [1.29, 1.82) is 0 Å². The van der Waals surface area contributed by atoms with Crippen LogP contribution in [0.5, 0.6) is 0 Å². The van der Waals surface area contributed by atoms with Crippen LogP contribution >= 0.6 is 0 Å². The number of oxime groups is 1. The predicted octanol–water partition coefficient (Wildman–Crippen LogP) is -0.814. The average Bonchev–Trinajstić information content (AvgIpc) is 2.17. The van der Waals surface area contributed by atoms with Crippen LogP contribution in [-0.2, 0) is 10.8 Å². The van der Waals surface area contributed by atoms with Gasteiger partial charge in [0.05, 0.1) is 6.04 Å². The minimum atomic E-state index is -0.677. The number of nitrogens with zero attached hydrogens (tertiary/aromatic N) is 2. The first-order chi connectivity index (χ1) is 6.15. The number of nitrogens with two attached hydrogens (primary N) is 1. The van der Waals surface area contributed by atoms with Gasteiger partial charge in [-0.05, 0) is 6.92 Å². The maximum atomic E-state index is 11.0. The van der Waals surface area contributed by atoms with Crippen molar-refractivity contribution in [3.05, 3.63) is 0 Å². The van der Waals surface area contributed by atoms with Crippen LogP contribution in [0.15, 0.2) is 5.16 Å². The molecular weight excluding hydrogens is 190 g/mol. The molecular formula is C7H15N3O2S. The van der Waals surface area contributed by atoms with E-state index in [-0.39, 0.29) is 11.9 Å². The molecule has 0 aromatic heterocycles. The van der Waals surface area contributed by atoms with Crippen LogP contribution < -0.4 is 5.73 Å². The van der Waals surface area contributed by atoms with Gasteiger partial charge in [-0.25, -0.2) is 0 Å². The summed E-state index contributed by atoms with van der Waals surface area (Å²) in [7, 11) is -0.677. The molecule has 0 aliphatic carbocycles. The second kappa shape index (κ2) is 4.57. The Balaban J connectivity index is 2.49. The van der Waals surface area contributed by atoms with Gasteiger partial charge in [-0.15, -0.1) is 0 Å². The maximum Gasteiger partial charge on any atom is 0.156 e. The lowest BCUT2D eigenvalue weighted by molar-refractivity contribution is 0.262. The van der Waals surface area contributed by atoms with E-state index in [0.29, 0.717) is 11.5 Å². The highest BCUT2D eigenvalue weighted by atomic mass is 32.2. The third kappa shape index (κ3) is 2.67. The number of hydrogen-bond acceptors (Lipinski definition) is 4. The highest BCUT2D eigenvalue weighted by Crippen LogP contribution is 2.05. The summed E-state index contributed by atoms with van der Waals surface area (Å²) in [6.07, 6.45) is 0. The molecule has 1 heterocycles. The molecule has 1 unspecified atom stereocenters. The van der Waals surface area contributed by atoms with Gasteiger partial charge in [0.25, 0.3) is 0 Å². The monoisotopic (exact) mass is 205 g/mol. The predicted molar refractivity (Wildman–Crippen MR) is 52.3 cm³/mol. The largest absolute Gasteiger partial charge is 0.409 e. The van der Waals surface area contributed by atoms with E-state index in [4.69, 9.17) is 10.9 Å². The lowest BCUT2D eigenvalue weighted by Gasteiger charge is -2.30. The maximum absolute atomic E-state index is 11.0. The highest BCUT2D eigenvalue weighted by Gasteiger charge is 2.22. The molecule has 76 valence electrons. The molecule has 1 aliphatic heterocycles. The summed E-state index contributed by atoms with van der Waals surface area (Å²) < 4.78 is 11.0. The second-order valence-electron chi connectivity index (χ2n) is 3.08. The minimum absolute atomic E-state index is 0.0673. The van der Waals surface area contributed by atoms with Crippen molar-refractivity contribution in [1.82, 2.24) is 4.90 Å². The average molecular weight is 205 g/mol. The normalized spacial score (nSPS) is 24.5. The summed E-state index contributed by atoms with van der Waals surface area (Å²) >= 11 is 0. The van der Waals surface area contributed by atoms with Crippen LogP contribution in [0.1, 0.15) is 6.92 Å². The smallest absolute Gasteiger partial charge is 0.156 e. The van der Waals surface area contributed by atoms with E-state index in [9.17, 15) is 4.21 Å². The van der Waals surface area contributed by atoms with Crippen molar-refractivity contribution in [2.24, 2.45) is 10.9 Å². The molecule has 1 saturated heterocycles. The van der Waals surface area contributed by atoms with Gasteiger partial charge < -0.3 is 10.9 Å². The van der Waals surface area contributed by atoms with Crippen LogP contribution in [0.25, 0.3) is 0 Å². The summed E-state index contributed by atoms with van der Waals surface area (Å²) in [6, 6.07) is -0.0673. The van der Waals surface area contributed by atoms with Crippen molar-refractivity contribution in [3.8, 4) is 0 Å². The Hall–Kier alpha value is -0.620. The molecule has 0 aromatic carbocycles. The molecule has 1 fully saturated rings.